The fourth-order valence-corrected chi connectivity index (χ4v) is 3.50. The van der Waals surface area contributed by atoms with Crippen LogP contribution in [0.2, 0.25) is 5.02 Å². The van der Waals surface area contributed by atoms with E-state index in [1.165, 1.54) is 0 Å². The van der Waals surface area contributed by atoms with Crippen LogP contribution in [0.25, 0.3) is 0 Å². The number of amides is 3. The Morgan fingerprint density at radius 1 is 1.25 bits per heavy atom. The Morgan fingerprint density at radius 3 is 2.57 bits per heavy atom. The number of ether oxygens (including phenoxy) is 2. The van der Waals surface area contributed by atoms with Crippen LogP contribution >= 0.6 is 11.6 Å². The highest BCUT2D eigenvalue weighted by Crippen LogP contribution is 2.28. The second kappa shape index (κ2) is 9.47. The van der Waals surface area contributed by atoms with Gasteiger partial charge in [-0.25, -0.2) is 4.79 Å². The van der Waals surface area contributed by atoms with Crippen LogP contribution in [0, 0.1) is 5.92 Å². The molecule has 2 saturated heterocycles. The van der Waals surface area contributed by atoms with Gasteiger partial charge in [-0.05, 0) is 37.0 Å². The molecule has 0 unspecified atom stereocenters. The van der Waals surface area contributed by atoms with Crippen LogP contribution in [0.4, 0.5) is 10.5 Å². The Bertz CT molecular complexity index is 699. The maximum Gasteiger partial charge on any atom is 0.321 e. The Morgan fingerprint density at radius 2 is 1.96 bits per heavy atom. The van der Waals surface area contributed by atoms with E-state index in [-0.39, 0.29) is 18.0 Å². The molecule has 1 aromatic rings. The maximum absolute atomic E-state index is 12.5. The van der Waals surface area contributed by atoms with Crippen LogP contribution in [-0.2, 0) is 9.53 Å². The summed E-state index contributed by atoms with van der Waals surface area (Å²) in [5, 5.41) is 3.33. The van der Waals surface area contributed by atoms with Crippen molar-refractivity contribution in [2.45, 2.75) is 32.8 Å². The van der Waals surface area contributed by atoms with Gasteiger partial charge >= 0.3 is 6.03 Å². The predicted octanol–water partition coefficient (Wildman–Crippen LogP) is 3.23. The van der Waals surface area contributed by atoms with Crippen molar-refractivity contribution in [2.24, 2.45) is 5.92 Å². The third-order valence-electron chi connectivity index (χ3n) is 4.84. The molecule has 7 nitrogen and oxygen atoms in total. The monoisotopic (exact) mass is 409 g/mol. The first-order valence-electron chi connectivity index (χ1n) is 9.82. The molecule has 0 saturated carbocycles. The molecule has 2 heterocycles. The summed E-state index contributed by atoms with van der Waals surface area (Å²) in [4.78, 5) is 28.4. The molecule has 0 aliphatic carbocycles. The molecule has 2 fully saturated rings. The summed E-state index contributed by atoms with van der Waals surface area (Å²) in [5.74, 6) is 1.05. The van der Waals surface area contributed by atoms with Gasteiger partial charge in [-0.3, -0.25) is 4.79 Å². The normalized spacial score (nSPS) is 19.8. The van der Waals surface area contributed by atoms with Gasteiger partial charge in [0, 0.05) is 38.5 Å². The third kappa shape index (κ3) is 5.29. The van der Waals surface area contributed by atoms with E-state index in [1.54, 1.807) is 28.0 Å². The molecular formula is C20H28ClN3O4. The molecule has 0 spiro atoms. The highest BCUT2D eigenvalue weighted by Gasteiger charge is 2.31. The number of carbonyl (C=O) groups is 2. The summed E-state index contributed by atoms with van der Waals surface area (Å²) in [5.41, 5.74) is 0.616. The summed E-state index contributed by atoms with van der Waals surface area (Å²) < 4.78 is 11.1. The van der Waals surface area contributed by atoms with E-state index in [0.29, 0.717) is 61.8 Å². The second-order valence-electron chi connectivity index (χ2n) is 7.59. The van der Waals surface area contributed by atoms with E-state index in [1.807, 2.05) is 0 Å². The molecule has 154 valence electrons. The number of carbonyl (C=O) groups excluding carboxylic acids is 2. The molecule has 3 amide bonds. The van der Waals surface area contributed by atoms with E-state index < -0.39 is 0 Å². The average Bonchev–Trinajstić information content (AvgIpc) is 3.21. The highest BCUT2D eigenvalue weighted by atomic mass is 35.5. The van der Waals surface area contributed by atoms with Crippen molar-refractivity contribution in [3.8, 4) is 5.75 Å². The number of benzene rings is 1. The van der Waals surface area contributed by atoms with Crippen molar-refractivity contribution in [1.82, 2.24) is 9.80 Å². The Balaban J connectivity index is 1.49. The largest absolute Gasteiger partial charge is 0.492 e. The van der Waals surface area contributed by atoms with E-state index in [0.717, 1.165) is 12.8 Å². The van der Waals surface area contributed by atoms with Crippen LogP contribution in [0.5, 0.6) is 5.75 Å². The average molecular weight is 410 g/mol. The number of nitrogens with one attached hydrogen (secondary N) is 1. The fourth-order valence-electron chi connectivity index (χ4n) is 3.26. The number of piperazine rings is 1. The minimum Gasteiger partial charge on any atom is -0.492 e. The number of nitrogens with zero attached hydrogens (tertiary/aromatic N) is 2. The van der Waals surface area contributed by atoms with Gasteiger partial charge in [-0.2, -0.15) is 0 Å². The summed E-state index contributed by atoms with van der Waals surface area (Å²) in [6.45, 7) is 7.40. The summed E-state index contributed by atoms with van der Waals surface area (Å²) >= 11 is 6.25. The predicted molar refractivity (Wildman–Crippen MR) is 108 cm³/mol. The zero-order valence-electron chi connectivity index (χ0n) is 16.4. The Kier molecular flexibility index (Phi) is 7.02. The molecule has 2 aliphatic rings. The lowest BCUT2D eigenvalue weighted by Crippen LogP contribution is -2.53. The van der Waals surface area contributed by atoms with E-state index in [2.05, 4.69) is 19.2 Å². The number of hydrogen-bond donors (Lipinski definition) is 1. The smallest absolute Gasteiger partial charge is 0.321 e. The zero-order chi connectivity index (χ0) is 20.1. The molecule has 3 rings (SSSR count). The molecule has 1 atom stereocenters. The minimum atomic E-state index is -0.307. The number of anilines is 1. The molecule has 8 heteroatoms. The standard InChI is InChI=1S/C20H28ClN3O4/c1-14(2)13-28-17-6-5-15(12-16(17)21)22-20(26)24-9-7-23(8-10-24)19(25)18-4-3-11-27-18/h5-6,12,14,18H,3-4,7-11,13H2,1-2H3,(H,22,26)/t18-/m0/s1. The van der Waals surface area contributed by atoms with Crippen LogP contribution in [0.1, 0.15) is 26.7 Å². The number of halogens is 1. The molecule has 0 radical (unpaired) electrons. The molecule has 2 aliphatic heterocycles. The lowest BCUT2D eigenvalue weighted by molar-refractivity contribution is -0.142. The van der Waals surface area contributed by atoms with Crippen LogP contribution in [0.3, 0.4) is 0 Å². The van der Waals surface area contributed by atoms with Gasteiger partial charge < -0.3 is 24.6 Å². The lowest BCUT2D eigenvalue weighted by Gasteiger charge is -2.35. The van der Waals surface area contributed by atoms with Crippen molar-refractivity contribution >= 4 is 29.2 Å². The topological polar surface area (TPSA) is 71.1 Å². The summed E-state index contributed by atoms with van der Waals surface area (Å²) in [7, 11) is 0. The van der Waals surface area contributed by atoms with Crippen LogP contribution < -0.4 is 10.1 Å². The van der Waals surface area contributed by atoms with Gasteiger partial charge in [0.25, 0.3) is 5.91 Å². The molecule has 0 bridgehead atoms. The first-order valence-corrected chi connectivity index (χ1v) is 10.2. The number of urea groups is 1. The van der Waals surface area contributed by atoms with Crippen molar-refractivity contribution in [2.75, 3.05) is 44.7 Å². The van der Waals surface area contributed by atoms with Gasteiger partial charge in [-0.15, -0.1) is 0 Å². The van der Waals surface area contributed by atoms with Crippen LogP contribution in [-0.4, -0.2) is 67.2 Å². The zero-order valence-corrected chi connectivity index (χ0v) is 17.2. The van der Waals surface area contributed by atoms with Crippen molar-refractivity contribution in [3.05, 3.63) is 23.2 Å². The van der Waals surface area contributed by atoms with Gasteiger partial charge in [-0.1, -0.05) is 25.4 Å². The van der Waals surface area contributed by atoms with Crippen LogP contribution in [0.15, 0.2) is 18.2 Å². The molecule has 1 N–H and O–H groups in total. The maximum atomic E-state index is 12.5. The molecule has 1 aromatic carbocycles. The Hall–Kier alpha value is -1.99. The van der Waals surface area contributed by atoms with Gasteiger partial charge in [0.2, 0.25) is 0 Å². The highest BCUT2D eigenvalue weighted by molar-refractivity contribution is 6.32. The van der Waals surface area contributed by atoms with E-state index >= 15 is 0 Å². The second-order valence-corrected chi connectivity index (χ2v) is 8.00. The summed E-state index contributed by atoms with van der Waals surface area (Å²) in [6, 6.07) is 5.03. The van der Waals surface area contributed by atoms with Gasteiger partial charge in [0.05, 0.1) is 11.6 Å². The third-order valence-corrected chi connectivity index (χ3v) is 5.13. The van der Waals surface area contributed by atoms with Crippen molar-refractivity contribution < 1.29 is 19.1 Å². The number of rotatable bonds is 5. The van der Waals surface area contributed by atoms with E-state index in [9.17, 15) is 9.59 Å². The van der Waals surface area contributed by atoms with Gasteiger partial charge in [0.1, 0.15) is 11.9 Å². The van der Waals surface area contributed by atoms with Crippen molar-refractivity contribution in [3.63, 3.8) is 0 Å². The molecular weight excluding hydrogens is 382 g/mol. The van der Waals surface area contributed by atoms with Gasteiger partial charge in [0.15, 0.2) is 0 Å². The number of hydrogen-bond acceptors (Lipinski definition) is 4. The molecule has 28 heavy (non-hydrogen) atoms. The quantitative estimate of drug-likeness (QED) is 0.810. The fraction of sp³-hybridized carbons (Fsp3) is 0.600. The molecule has 0 aromatic heterocycles. The Labute approximate surface area is 170 Å². The summed E-state index contributed by atoms with van der Waals surface area (Å²) in [6.07, 6.45) is 1.42. The minimum absolute atomic E-state index is 0.0429. The first-order chi connectivity index (χ1) is 13.4. The lowest BCUT2D eigenvalue weighted by atomic mass is 10.2. The SMILES string of the molecule is CC(C)COc1ccc(NC(=O)N2CCN(C(=O)[C@@H]3CCCO3)CC2)cc1Cl. The first kappa shape index (κ1) is 20.7. The van der Waals surface area contributed by atoms with Crippen molar-refractivity contribution in [1.29, 1.82) is 0 Å². The van der Waals surface area contributed by atoms with E-state index in [4.69, 9.17) is 21.1 Å².